The maximum absolute atomic E-state index is 12.1. The number of rotatable bonds is 10. The van der Waals surface area contributed by atoms with Gasteiger partial charge in [0.15, 0.2) is 0 Å². The summed E-state index contributed by atoms with van der Waals surface area (Å²) in [5, 5.41) is 14.3. The van der Waals surface area contributed by atoms with E-state index in [1.165, 1.54) is 6.92 Å². The topological polar surface area (TPSA) is 122 Å². The van der Waals surface area contributed by atoms with E-state index >= 15 is 0 Å². The minimum Gasteiger partial charge on any atom is -0.480 e. The first-order chi connectivity index (χ1) is 11.4. The molecule has 0 heterocycles. The molecule has 24 heavy (non-hydrogen) atoms. The molecule has 1 rings (SSSR count). The molecule has 0 saturated heterocycles. The largest absolute Gasteiger partial charge is 0.480 e. The number of hydrogen-bond acceptors (Lipinski definition) is 4. The summed E-state index contributed by atoms with van der Waals surface area (Å²) in [6, 6.07) is 7.54. The average molecular weight is 335 g/mol. The first-order valence-electron chi connectivity index (χ1n) is 7.97. The number of hydrogen-bond donors (Lipinski definition) is 4. The molecule has 0 saturated carbocycles. The van der Waals surface area contributed by atoms with E-state index in [-0.39, 0.29) is 5.91 Å². The second kappa shape index (κ2) is 10.4. The minimum absolute atomic E-state index is 0.120. The van der Waals surface area contributed by atoms with Crippen LogP contribution in [0.15, 0.2) is 30.3 Å². The quantitative estimate of drug-likeness (QED) is 0.462. The van der Waals surface area contributed by atoms with Gasteiger partial charge in [-0.25, -0.2) is 4.79 Å². The zero-order valence-electron chi connectivity index (χ0n) is 13.8. The minimum atomic E-state index is -1.09. The molecular formula is C17H25N3O4. The van der Waals surface area contributed by atoms with Crippen molar-refractivity contribution < 1.29 is 19.5 Å². The monoisotopic (exact) mass is 335 g/mol. The summed E-state index contributed by atoms with van der Waals surface area (Å²) in [6.45, 7) is 1.91. The number of aliphatic carboxylic acids is 1. The summed E-state index contributed by atoms with van der Waals surface area (Å²) in [6.07, 6.45) is 1.86. The number of carboxylic acids is 1. The van der Waals surface area contributed by atoms with Gasteiger partial charge in [0, 0.05) is 13.5 Å². The van der Waals surface area contributed by atoms with Crippen LogP contribution in [0, 0.1) is 0 Å². The van der Waals surface area contributed by atoms with Crippen molar-refractivity contribution in [2.24, 2.45) is 5.73 Å². The number of nitrogens with one attached hydrogen (secondary N) is 2. The predicted molar refractivity (Wildman–Crippen MR) is 90.2 cm³/mol. The van der Waals surface area contributed by atoms with Crippen molar-refractivity contribution in [3.8, 4) is 0 Å². The fourth-order valence-electron chi connectivity index (χ4n) is 2.23. The number of nitrogens with two attached hydrogens (primary N) is 1. The lowest BCUT2D eigenvalue weighted by Gasteiger charge is -2.18. The third kappa shape index (κ3) is 7.73. The second-order valence-corrected chi connectivity index (χ2v) is 5.67. The second-order valence-electron chi connectivity index (χ2n) is 5.67. The number of carboxylic acid groups (broad SMARTS) is 1. The van der Waals surface area contributed by atoms with Crippen LogP contribution in [0.5, 0.6) is 0 Å². The molecule has 7 nitrogen and oxygen atoms in total. The normalized spacial score (nSPS) is 12.9. The van der Waals surface area contributed by atoms with Gasteiger partial charge in [0.1, 0.15) is 6.04 Å². The Kier molecular flexibility index (Phi) is 8.49. The van der Waals surface area contributed by atoms with E-state index in [0.29, 0.717) is 32.2 Å². The van der Waals surface area contributed by atoms with Gasteiger partial charge in [0.2, 0.25) is 11.8 Å². The third-order valence-electron chi connectivity index (χ3n) is 3.54. The Morgan fingerprint density at radius 2 is 1.83 bits per heavy atom. The molecule has 0 aliphatic heterocycles. The summed E-state index contributed by atoms with van der Waals surface area (Å²) < 4.78 is 0. The molecule has 0 bridgehead atoms. The molecule has 1 aromatic rings. The van der Waals surface area contributed by atoms with E-state index in [2.05, 4.69) is 10.6 Å². The van der Waals surface area contributed by atoms with Crippen LogP contribution in [0.1, 0.15) is 31.7 Å². The van der Waals surface area contributed by atoms with Gasteiger partial charge in [-0.05, 0) is 31.2 Å². The molecule has 5 N–H and O–H groups in total. The molecule has 0 radical (unpaired) electrons. The number of benzene rings is 1. The number of amides is 2. The SMILES string of the molecule is CC(=O)NCCCC[C@H](NC(=O)[C@@H](N)Cc1ccccc1)C(=O)O. The molecule has 0 fully saturated rings. The van der Waals surface area contributed by atoms with Crippen LogP contribution < -0.4 is 16.4 Å². The van der Waals surface area contributed by atoms with Crippen LogP contribution in [0.25, 0.3) is 0 Å². The highest BCUT2D eigenvalue weighted by Crippen LogP contribution is 2.04. The fraction of sp³-hybridized carbons (Fsp3) is 0.471. The summed E-state index contributed by atoms with van der Waals surface area (Å²) in [4.78, 5) is 34.1. The van der Waals surface area contributed by atoms with Crippen molar-refractivity contribution in [1.29, 1.82) is 0 Å². The zero-order chi connectivity index (χ0) is 17.9. The van der Waals surface area contributed by atoms with E-state index < -0.39 is 24.0 Å². The van der Waals surface area contributed by atoms with Gasteiger partial charge in [0.05, 0.1) is 6.04 Å². The molecule has 132 valence electrons. The molecule has 0 unspecified atom stereocenters. The van der Waals surface area contributed by atoms with Gasteiger partial charge < -0.3 is 21.5 Å². The maximum atomic E-state index is 12.1. The number of carbonyl (C=O) groups excluding carboxylic acids is 2. The molecule has 0 aliphatic carbocycles. The summed E-state index contributed by atoms with van der Waals surface area (Å²) in [5.74, 6) is -1.69. The van der Waals surface area contributed by atoms with Crippen molar-refractivity contribution >= 4 is 17.8 Å². The smallest absolute Gasteiger partial charge is 0.326 e. The van der Waals surface area contributed by atoms with Crippen LogP contribution in [0.4, 0.5) is 0 Å². The standard InChI is InChI=1S/C17H25N3O4/c1-12(21)19-10-6-5-9-15(17(23)24)20-16(22)14(18)11-13-7-3-2-4-8-13/h2-4,7-8,14-15H,5-6,9-11,18H2,1H3,(H,19,21)(H,20,22)(H,23,24)/t14-,15-/m0/s1. The van der Waals surface area contributed by atoms with Gasteiger partial charge in [-0.3, -0.25) is 9.59 Å². The lowest BCUT2D eigenvalue weighted by molar-refractivity contribution is -0.142. The number of unbranched alkanes of at least 4 members (excludes halogenated alkanes) is 1. The van der Waals surface area contributed by atoms with E-state index in [1.807, 2.05) is 30.3 Å². The highest BCUT2D eigenvalue weighted by Gasteiger charge is 2.23. The molecule has 7 heteroatoms. The van der Waals surface area contributed by atoms with Gasteiger partial charge in [0.25, 0.3) is 0 Å². The van der Waals surface area contributed by atoms with E-state index in [1.54, 1.807) is 0 Å². The zero-order valence-corrected chi connectivity index (χ0v) is 13.8. The van der Waals surface area contributed by atoms with E-state index in [4.69, 9.17) is 5.73 Å². The van der Waals surface area contributed by atoms with Crippen LogP contribution >= 0.6 is 0 Å². The molecule has 2 amide bonds. The molecule has 0 spiro atoms. The average Bonchev–Trinajstić information content (AvgIpc) is 2.53. The van der Waals surface area contributed by atoms with Crippen LogP contribution in [0.2, 0.25) is 0 Å². The lowest BCUT2D eigenvalue weighted by atomic mass is 10.0. The lowest BCUT2D eigenvalue weighted by Crippen LogP contribution is -2.49. The Morgan fingerprint density at radius 1 is 1.17 bits per heavy atom. The Morgan fingerprint density at radius 3 is 2.42 bits per heavy atom. The van der Waals surface area contributed by atoms with Gasteiger partial charge in [-0.1, -0.05) is 30.3 Å². The van der Waals surface area contributed by atoms with Crippen molar-refractivity contribution in [2.45, 2.75) is 44.7 Å². The van der Waals surface area contributed by atoms with Gasteiger partial charge in [-0.15, -0.1) is 0 Å². The van der Waals surface area contributed by atoms with Crippen molar-refractivity contribution in [3.05, 3.63) is 35.9 Å². The van der Waals surface area contributed by atoms with Crippen LogP contribution in [-0.2, 0) is 20.8 Å². The molecular weight excluding hydrogens is 310 g/mol. The Balaban J connectivity index is 2.41. The Labute approximate surface area is 141 Å². The highest BCUT2D eigenvalue weighted by molar-refractivity contribution is 5.86. The first kappa shape index (κ1) is 19.6. The summed E-state index contributed by atoms with van der Waals surface area (Å²) in [5.41, 5.74) is 6.77. The third-order valence-corrected chi connectivity index (χ3v) is 3.54. The van der Waals surface area contributed by atoms with Crippen molar-refractivity contribution in [1.82, 2.24) is 10.6 Å². The maximum Gasteiger partial charge on any atom is 0.326 e. The molecule has 1 aromatic carbocycles. The number of carbonyl (C=O) groups is 3. The van der Waals surface area contributed by atoms with Crippen molar-refractivity contribution in [3.63, 3.8) is 0 Å². The highest BCUT2D eigenvalue weighted by atomic mass is 16.4. The van der Waals surface area contributed by atoms with Gasteiger partial charge >= 0.3 is 5.97 Å². The van der Waals surface area contributed by atoms with Gasteiger partial charge in [-0.2, -0.15) is 0 Å². The first-order valence-corrected chi connectivity index (χ1v) is 7.97. The Hall–Kier alpha value is -2.41. The predicted octanol–water partition coefficient (Wildman–Crippen LogP) is 0.432. The fourth-order valence-corrected chi connectivity index (χ4v) is 2.23. The summed E-state index contributed by atoms with van der Waals surface area (Å²) in [7, 11) is 0. The molecule has 2 atom stereocenters. The Bertz CT molecular complexity index is 548. The van der Waals surface area contributed by atoms with E-state index in [0.717, 1.165) is 5.56 Å². The van der Waals surface area contributed by atoms with Crippen LogP contribution in [-0.4, -0.2) is 41.5 Å². The summed E-state index contributed by atoms with van der Waals surface area (Å²) >= 11 is 0. The molecule has 0 aliphatic rings. The van der Waals surface area contributed by atoms with Crippen LogP contribution in [0.3, 0.4) is 0 Å². The van der Waals surface area contributed by atoms with Crippen molar-refractivity contribution in [2.75, 3.05) is 6.54 Å². The molecule has 0 aromatic heterocycles. The van der Waals surface area contributed by atoms with E-state index in [9.17, 15) is 19.5 Å².